The highest BCUT2D eigenvalue weighted by molar-refractivity contribution is 6.31. The zero-order valence-electron chi connectivity index (χ0n) is 10.5. The predicted molar refractivity (Wildman–Crippen MR) is 70.9 cm³/mol. The second kappa shape index (κ2) is 5.69. The Balaban J connectivity index is 2.49. The first-order valence-corrected chi connectivity index (χ1v) is 6.40. The van der Waals surface area contributed by atoms with Gasteiger partial charge in [-0.15, -0.1) is 0 Å². The maximum Gasteiger partial charge on any atom is 0.178 e. The van der Waals surface area contributed by atoms with E-state index in [0.29, 0.717) is 5.69 Å². The second-order valence-electron chi connectivity index (χ2n) is 4.17. The molecule has 1 aliphatic rings. The van der Waals surface area contributed by atoms with E-state index in [4.69, 9.17) is 22.1 Å². The van der Waals surface area contributed by atoms with Crippen LogP contribution in [0, 0.1) is 22.7 Å². The number of aromatic nitrogens is 2. The summed E-state index contributed by atoms with van der Waals surface area (Å²) >= 11 is 6.07. The van der Waals surface area contributed by atoms with Crippen LogP contribution in [0.1, 0.15) is 36.8 Å². The van der Waals surface area contributed by atoms with Gasteiger partial charge in [0.25, 0.3) is 0 Å². The Morgan fingerprint density at radius 2 is 2.00 bits per heavy atom. The van der Waals surface area contributed by atoms with Gasteiger partial charge in [0.15, 0.2) is 16.5 Å². The van der Waals surface area contributed by atoms with E-state index in [9.17, 15) is 0 Å². The topological polar surface area (TPSA) is 76.6 Å². The highest BCUT2D eigenvalue weighted by atomic mass is 35.5. The van der Waals surface area contributed by atoms with E-state index < -0.39 is 0 Å². The minimum Gasteiger partial charge on any atom is -0.377 e. The largest absolute Gasteiger partial charge is 0.377 e. The number of hydrogen-bond acceptors (Lipinski definition) is 5. The molecule has 0 radical (unpaired) electrons. The molecule has 2 rings (SSSR count). The Labute approximate surface area is 116 Å². The molecule has 0 saturated heterocycles. The molecule has 19 heavy (non-hydrogen) atoms. The van der Waals surface area contributed by atoms with Crippen LogP contribution in [0.5, 0.6) is 0 Å². The fourth-order valence-corrected chi connectivity index (χ4v) is 2.27. The van der Waals surface area contributed by atoms with Crippen molar-refractivity contribution in [2.45, 2.75) is 19.8 Å². The fraction of sp³-hybridized carbons (Fsp3) is 0.385. The van der Waals surface area contributed by atoms with E-state index in [-0.39, 0.29) is 16.5 Å². The first-order valence-electron chi connectivity index (χ1n) is 6.02. The van der Waals surface area contributed by atoms with Crippen molar-refractivity contribution in [2.75, 3.05) is 13.1 Å². The number of nitrogens with zero attached hydrogens (tertiary/aromatic N) is 5. The molecular weight excluding hydrogens is 262 g/mol. The number of allylic oxidation sites excluding steroid dienone is 1. The van der Waals surface area contributed by atoms with Crippen LogP contribution < -0.4 is 0 Å². The smallest absolute Gasteiger partial charge is 0.178 e. The van der Waals surface area contributed by atoms with Gasteiger partial charge in [0.1, 0.15) is 17.8 Å². The maximum atomic E-state index is 8.98. The van der Waals surface area contributed by atoms with Crippen molar-refractivity contribution in [2.24, 2.45) is 0 Å². The van der Waals surface area contributed by atoms with Gasteiger partial charge in [-0.1, -0.05) is 11.6 Å². The zero-order valence-corrected chi connectivity index (χ0v) is 11.3. The van der Waals surface area contributed by atoms with Crippen LogP contribution in [0.2, 0.25) is 5.15 Å². The molecule has 0 aliphatic carbocycles. The van der Waals surface area contributed by atoms with Gasteiger partial charge in [-0.25, -0.2) is 9.97 Å². The van der Waals surface area contributed by atoms with Crippen molar-refractivity contribution in [3.63, 3.8) is 0 Å². The van der Waals surface area contributed by atoms with E-state index in [1.54, 1.807) is 0 Å². The highest BCUT2D eigenvalue weighted by Crippen LogP contribution is 2.28. The molecule has 0 fully saturated rings. The lowest BCUT2D eigenvalue weighted by Crippen LogP contribution is -2.22. The molecule has 0 spiro atoms. The van der Waals surface area contributed by atoms with Gasteiger partial charge in [-0.05, 0) is 25.3 Å². The third-order valence-electron chi connectivity index (χ3n) is 3.01. The summed E-state index contributed by atoms with van der Waals surface area (Å²) in [5.41, 5.74) is 1.47. The molecule has 0 N–H and O–H groups in total. The molecule has 2 heterocycles. The van der Waals surface area contributed by atoms with Crippen LogP contribution in [0.15, 0.2) is 6.20 Å². The molecule has 96 valence electrons. The average Bonchev–Trinajstić information content (AvgIpc) is 2.46. The molecule has 0 unspecified atom stereocenters. The average molecular weight is 274 g/mol. The normalized spacial score (nSPS) is 14.5. The number of hydrogen-bond donors (Lipinski definition) is 0. The van der Waals surface area contributed by atoms with Crippen LogP contribution in [0.25, 0.3) is 5.57 Å². The van der Waals surface area contributed by atoms with Crippen molar-refractivity contribution < 1.29 is 0 Å². The van der Waals surface area contributed by atoms with Crippen LogP contribution in [-0.2, 0) is 0 Å². The number of nitriles is 2. The molecule has 0 bridgehead atoms. The van der Waals surface area contributed by atoms with Gasteiger partial charge in [0, 0.05) is 19.3 Å². The summed E-state index contributed by atoms with van der Waals surface area (Å²) in [6.45, 7) is 3.99. The standard InChI is InChI=1S/C13H12ClN5/c1-2-19-5-3-4-9(8-19)12-13(14)18-11(7-16)10(6-15)17-12/h8H,2-5H2,1H3. The van der Waals surface area contributed by atoms with E-state index in [1.165, 1.54) is 0 Å². The predicted octanol–water partition coefficient (Wildman–Crippen LogP) is 2.33. The van der Waals surface area contributed by atoms with Crippen LogP contribution >= 0.6 is 11.6 Å². The summed E-state index contributed by atoms with van der Waals surface area (Å²) in [6.07, 6.45) is 3.87. The van der Waals surface area contributed by atoms with E-state index >= 15 is 0 Å². The Morgan fingerprint density at radius 1 is 1.32 bits per heavy atom. The minimum absolute atomic E-state index is 0.0245. The Kier molecular flexibility index (Phi) is 3.99. The van der Waals surface area contributed by atoms with E-state index in [1.807, 2.05) is 18.3 Å². The van der Waals surface area contributed by atoms with Gasteiger partial charge < -0.3 is 4.90 Å². The summed E-state index contributed by atoms with van der Waals surface area (Å²) in [6, 6.07) is 3.71. The van der Waals surface area contributed by atoms with Crippen LogP contribution in [-0.4, -0.2) is 28.0 Å². The lowest BCUT2D eigenvalue weighted by molar-refractivity contribution is 0.378. The van der Waals surface area contributed by atoms with Gasteiger partial charge >= 0.3 is 0 Å². The highest BCUT2D eigenvalue weighted by Gasteiger charge is 2.18. The molecular formula is C13H12ClN5. The van der Waals surface area contributed by atoms with Crippen molar-refractivity contribution in [3.8, 4) is 12.1 Å². The molecule has 5 nitrogen and oxygen atoms in total. The molecule has 6 heteroatoms. The number of rotatable bonds is 2. The second-order valence-corrected chi connectivity index (χ2v) is 4.53. The molecule has 0 saturated carbocycles. The third-order valence-corrected chi connectivity index (χ3v) is 3.27. The Morgan fingerprint density at radius 3 is 2.63 bits per heavy atom. The van der Waals surface area contributed by atoms with Gasteiger partial charge in [-0.3, -0.25) is 0 Å². The Hall–Kier alpha value is -2.11. The molecule has 0 atom stereocenters. The molecule has 0 aromatic carbocycles. The summed E-state index contributed by atoms with van der Waals surface area (Å²) < 4.78 is 0. The quantitative estimate of drug-likeness (QED) is 0.826. The van der Waals surface area contributed by atoms with Crippen LogP contribution in [0.4, 0.5) is 0 Å². The molecule has 0 amide bonds. The number of halogens is 1. The minimum atomic E-state index is -0.0278. The first kappa shape index (κ1) is 13.3. The zero-order chi connectivity index (χ0) is 13.8. The lowest BCUT2D eigenvalue weighted by Gasteiger charge is -2.25. The summed E-state index contributed by atoms with van der Waals surface area (Å²) in [5.74, 6) is 0. The first-order chi connectivity index (χ1) is 9.19. The van der Waals surface area contributed by atoms with E-state index in [2.05, 4.69) is 21.8 Å². The fourth-order valence-electron chi connectivity index (χ4n) is 2.03. The molecule has 1 aromatic heterocycles. The van der Waals surface area contributed by atoms with Gasteiger partial charge in [0.05, 0.1) is 0 Å². The third kappa shape index (κ3) is 2.67. The van der Waals surface area contributed by atoms with Gasteiger partial charge in [0.2, 0.25) is 0 Å². The van der Waals surface area contributed by atoms with Crippen molar-refractivity contribution in [1.82, 2.24) is 14.9 Å². The molecule has 1 aliphatic heterocycles. The van der Waals surface area contributed by atoms with Crippen molar-refractivity contribution in [3.05, 3.63) is 28.4 Å². The maximum absolute atomic E-state index is 8.98. The summed E-state index contributed by atoms with van der Waals surface area (Å²) in [4.78, 5) is 10.3. The molecule has 1 aromatic rings. The van der Waals surface area contributed by atoms with Crippen molar-refractivity contribution in [1.29, 1.82) is 10.5 Å². The van der Waals surface area contributed by atoms with Crippen molar-refractivity contribution >= 4 is 17.2 Å². The summed E-state index contributed by atoms with van der Waals surface area (Å²) in [5, 5.41) is 18.0. The summed E-state index contributed by atoms with van der Waals surface area (Å²) in [7, 11) is 0. The lowest BCUT2D eigenvalue weighted by atomic mass is 10.0. The van der Waals surface area contributed by atoms with Crippen LogP contribution in [0.3, 0.4) is 0 Å². The van der Waals surface area contributed by atoms with Gasteiger partial charge in [-0.2, -0.15) is 10.5 Å². The Bertz CT molecular complexity index is 609. The SMILES string of the molecule is CCN1C=C(c2nc(C#N)c(C#N)nc2Cl)CCC1. The monoisotopic (exact) mass is 273 g/mol. The van der Waals surface area contributed by atoms with E-state index in [0.717, 1.165) is 31.5 Å².